The van der Waals surface area contributed by atoms with Gasteiger partial charge in [0.25, 0.3) is 0 Å². The summed E-state index contributed by atoms with van der Waals surface area (Å²) in [6, 6.07) is 23.4. The van der Waals surface area contributed by atoms with Gasteiger partial charge in [0.2, 0.25) is 5.91 Å². The fourth-order valence-electron chi connectivity index (χ4n) is 3.72. The molecule has 2 heterocycles. The third kappa shape index (κ3) is 6.22. The van der Waals surface area contributed by atoms with Crippen LogP contribution in [0, 0.1) is 6.92 Å². The number of carbonyl (C=O) groups is 1. The molecule has 2 aromatic heterocycles. The van der Waals surface area contributed by atoms with E-state index in [1.54, 1.807) is 12.3 Å². The van der Waals surface area contributed by atoms with Gasteiger partial charge in [-0.15, -0.1) is 21.5 Å². The summed E-state index contributed by atoms with van der Waals surface area (Å²) in [6.07, 6.45) is 2.36. The zero-order chi connectivity index (χ0) is 25.8. The topological polar surface area (TPSA) is 72.7 Å². The highest BCUT2D eigenvalue weighted by Gasteiger charge is 2.18. The number of halogens is 2. The molecule has 10 heteroatoms. The molecule has 0 aliphatic heterocycles. The summed E-state index contributed by atoms with van der Waals surface area (Å²) in [5, 5.41) is 14.1. The predicted molar refractivity (Wildman–Crippen MR) is 152 cm³/mol. The minimum atomic E-state index is -0.171. The second-order valence-electron chi connectivity index (χ2n) is 8.23. The number of rotatable bonds is 8. The largest absolute Gasteiger partial charge is 0.301 e. The molecule has 0 unspecified atom stereocenters. The molecule has 5 rings (SSSR count). The summed E-state index contributed by atoms with van der Waals surface area (Å²) in [5.74, 6) is 0.714. The Morgan fingerprint density at radius 1 is 1.03 bits per heavy atom. The van der Waals surface area contributed by atoms with Gasteiger partial charge in [0.1, 0.15) is 0 Å². The molecule has 0 spiro atoms. The van der Waals surface area contributed by atoms with Crippen LogP contribution in [0.3, 0.4) is 0 Å². The Morgan fingerprint density at radius 2 is 1.86 bits per heavy atom. The summed E-state index contributed by atoms with van der Waals surface area (Å²) >= 11 is 15.0. The van der Waals surface area contributed by atoms with Gasteiger partial charge in [-0.05, 0) is 42.3 Å². The smallest absolute Gasteiger partial charge is 0.236 e. The van der Waals surface area contributed by atoms with E-state index in [2.05, 4.69) is 26.6 Å². The van der Waals surface area contributed by atoms with E-state index < -0.39 is 0 Å². The van der Waals surface area contributed by atoms with Gasteiger partial charge in [-0.2, -0.15) is 0 Å². The number of thioether (sulfide) groups is 1. The average Bonchev–Trinajstić information content (AvgIpc) is 3.52. The maximum Gasteiger partial charge on any atom is 0.236 e. The summed E-state index contributed by atoms with van der Waals surface area (Å²) in [7, 11) is 0. The second kappa shape index (κ2) is 11.5. The Labute approximate surface area is 232 Å². The highest BCUT2D eigenvalue weighted by atomic mass is 35.5. The number of nitrogens with zero attached hydrogens (tertiary/aromatic N) is 4. The quantitative estimate of drug-likeness (QED) is 0.199. The van der Waals surface area contributed by atoms with Gasteiger partial charge in [0.15, 0.2) is 16.1 Å². The standard InChI is InChI=1S/C27H21Cl2N5OS2/c1-17-6-5-9-21(12-17)34-25(18-7-3-2-4-8-18)32-33-27(34)36-16-24(35)31-26-30-15-22(37-26)13-19-10-11-20(28)14-23(19)29/h2-12,14-15H,13,16H2,1H3,(H,30,31,35). The monoisotopic (exact) mass is 565 g/mol. The van der Waals surface area contributed by atoms with E-state index >= 15 is 0 Å². The predicted octanol–water partition coefficient (Wildman–Crippen LogP) is 7.33. The van der Waals surface area contributed by atoms with Crippen LogP contribution >= 0.6 is 46.3 Å². The molecule has 0 aliphatic rings. The molecule has 1 N–H and O–H groups in total. The number of thiazole rings is 1. The number of benzene rings is 3. The van der Waals surface area contributed by atoms with Crippen LogP contribution in [0.15, 0.2) is 84.1 Å². The Kier molecular flexibility index (Phi) is 7.90. The molecule has 0 saturated carbocycles. The van der Waals surface area contributed by atoms with E-state index in [1.165, 1.54) is 23.1 Å². The van der Waals surface area contributed by atoms with Crippen molar-refractivity contribution < 1.29 is 4.79 Å². The fourth-order valence-corrected chi connectivity index (χ4v) is 5.80. The van der Waals surface area contributed by atoms with Crippen molar-refractivity contribution in [1.29, 1.82) is 0 Å². The van der Waals surface area contributed by atoms with Crippen LogP contribution in [0.4, 0.5) is 5.13 Å². The first-order valence-electron chi connectivity index (χ1n) is 11.4. The molecule has 0 aliphatic carbocycles. The summed E-state index contributed by atoms with van der Waals surface area (Å²) < 4.78 is 1.98. The number of amides is 1. The molecule has 5 aromatic rings. The van der Waals surface area contributed by atoms with E-state index in [0.717, 1.165) is 33.1 Å². The number of nitrogens with one attached hydrogen (secondary N) is 1. The van der Waals surface area contributed by atoms with Crippen molar-refractivity contribution in [1.82, 2.24) is 19.7 Å². The summed E-state index contributed by atoms with van der Waals surface area (Å²) in [6.45, 7) is 2.04. The Bertz CT molecular complexity index is 1550. The third-order valence-corrected chi connectivity index (χ3v) is 7.87. The van der Waals surface area contributed by atoms with E-state index in [-0.39, 0.29) is 11.7 Å². The molecular weight excluding hydrogens is 545 g/mol. The third-order valence-electron chi connectivity index (χ3n) is 5.44. The number of aryl methyl sites for hydroxylation is 1. The van der Waals surface area contributed by atoms with Crippen molar-refractivity contribution in [2.75, 3.05) is 11.1 Å². The van der Waals surface area contributed by atoms with Gasteiger partial charge >= 0.3 is 0 Å². The summed E-state index contributed by atoms with van der Waals surface area (Å²) in [4.78, 5) is 18.1. The van der Waals surface area contributed by atoms with Crippen molar-refractivity contribution in [2.24, 2.45) is 0 Å². The number of hydrogen-bond donors (Lipinski definition) is 1. The zero-order valence-corrected chi connectivity index (χ0v) is 22.8. The minimum Gasteiger partial charge on any atom is -0.301 e. The molecule has 186 valence electrons. The van der Waals surface area contributed by atoms with Crippen LogP contribution in [0.2, 0.25) is 10.0 Å². The number of hydrogen-bond acceptors (Lipinski definition) is 6. The Balaban J connectivity index is 1.29. The molecule has 0 radical (unpaired) electrons. The van der Waals surface area contributed by atoms with Gasteiger partial charge in [-0.25, -0.2) is 4.98 Å². The fraction of sp³-hybridized carbons (Fsp3) is 0.111. The highest BCUT2D eigenvalue weighted by Crippen LogP contribution is 2.29. The van der Waals surface area contributed by atoms with Crippen LogP contribution in [0.5, 0.6) is 0 Å². The van der Waals surface area contributed by atoms with Gasteiger partial charge in [0, 0.05) is 38.8 Å². The van der Waals surface area contributed by atoms with Crippen molar-refractivity contribution in [3.8, 4) is 17.1 Å². The number of carbonyl (C=O) groups excluding carboxylic acids is 1. The van der Waals surface area contributed by atoms with E-state index in [0.29, 0.717) is 26.8 Å². The van der Waals surface area contributed by atoms with E-state index in [4.69, 9.17) is 23.2 Å². The number of aromatic nitrogens is 4. The number of anilines is 1. The van der Waals surface area contributed by atoms with Crippen LogP contribution in [-0.4, -0.2) is 31.4 Å². The zero-order valence-electron chi connectivity index (χ0n) is 19.7. The van der Waals surface area contributed by atoms with Crippen LogP contribution in [0.1, 0.15) is 16.0 Å². The highest BCUT2D eigenvalue weighted by molar-refractivity contribution is 7.99. The molecule has 6 nitrogen and oxygen atoms in total. The lowest BCUT2D eigenvalue weighted by molar-refractivity contribution is -0.113. The molecular formula is C27H21Cl2N5OS2. The Hall–Kier alpha value is -3.17. The molecule has 0 fully saturated rings. The lowest BCUT2D eigenvalue weighted by Gasteiger charge is -2.11. The molecule has 3 aromatic carbocycles. The molecule has 0 saturated heterocycles. The first-order valence-corrected chi connectivity index (χ1v) is 13.9. The lowest BCUT2D eigenvalue weighted by atomic mass is 10.1. The van der Waals surface area contributed by atoms with Crippen molar-refractivity contribution in [3.63, 3.8) is 0 Å². The van der Waals surface area contributed by atoms with Crippen LogP contribution in [0.25, 0.3) is 17.1 Å². The van der Waals surface area contributed by atoms with Crippen molar-refractivity contribution in [2.45, 2.75) is 18.5 Å². The average molecular weight is 567 g/mol. The van der Waals surface area contributed by atoms with Gasteiger partial charge < -0.3 is 5.32 Å². The minimum absolute atomic E-state index is 0.163. The van der Waals surface area contributed by atoms with Crippen LogP contribution in [-0.2, 0) is 11.2 Å². The van der Waals surface area contributed by atoms with Gasteiger partial charge in [-0.1, -0.05) is 83.5 Å². The van der Waals surface area contributed by atoms with Gasteiger partial charge in [0.05, 0.1) is 5.75 Å². The normalized spacial score (nSPS) is 11.0. The first kappa shape index (κ1) is 25.5. The summed E-state index contributed by atoms with van der Waals surface area (Å²) in [5.41, 5.74) is 3.97. The van der Waals surface area contributed by atoms with E-state index in [1.807, 2.05) is 72.2 Å². The lowest BCUT2D eigenvalue weighted by Crippen LogP contribution is -2.14. The maximum absolute atomic E-state index is 12.8. The second-order valence-corrected chi connectivity index (χ2v) is 11.1. The van der Waals surface area contributed by atoms with Crippen molar-refractivity contribution >= 4 is 57.3 Å². The molecule has 0 bridgehead atoms. The van der Waals surface area contributed by atoms with E-state index in [9.17, 15) is 4.79 Å². The molecule has 1 amide bonds. The molecule has 37 heavy (non-hydrogen) atoms. The SMILES string of the molecule is Cc1cccc(-n2c(SCC(=O)Nc3ncc(Cc4ccc(Cl)cc4Cl)s3)nnc2-c2ccccc2)c1. The first-order chi connectivity index (χ1) is 18.0. The van der Waals surface area contributed by atoms with Crippen LogP contribution < -0.4 is 5.32 Å². The Morgan fingerprint density at radius 3 is 2.65 bits per heavy atom. The van der Waals surface area contributed by atoms with Gasteiger partial charge in [-0.3, -0.25) is 9.36 Å². The molecule has 0 atom stereocenters. The van der Waals surface area contributed by atoms with Crippen molar-refractivity contribution in [3.05, 3.63) is 105 Å². The maximum atomic E-state index is 12.8.